The molecular formula is C13H13BrO2S. The maximum Gasteiger partial charge on any atom is 0.148 e. The second-order valence-corrected chi connectivity index (χ2v) is 5.53. The molecule has 4 heteroatoms. The number of thiophene rings is 1. The summed E-state index contributed by atoms with van der Waals surface area (Å²) in [6.07, 6.45) is 0. The lowest BCUT2D eigenvalue weighted by Crippen LogP contribution is -2.32. The molecule has 1 aromatic carbocycles. The van der Waals surface area contributed by atoms with Gasteiger partial charge in [0.25, 0.3) is 0 Å². The molecule has 1 heterocycles. The lowest BCUT2D eigenvalue weighted by molar-refractivity contribution is -0.00107. The van der Waals surface area contributed by atoms with E-state index in [0.29, 0.717) is 0 Å². The van der Waals surface area contributed by atoms with E-state index in [2.05, 4.69) is 15.9 Å². The Morgan fingerprint density at radius 2 is 2.00 bits per heavy atom. The van der Waals surface area contributed by atoms with Gasteiger partial charge < -0.3 is 9.84 Å². The molecule has 0 saturated heterocycles. The van der Waals surface area contributed by atoms with Crippen molar-refractivity contribution in [1.82, 2.24) is 0 Å². The van der Waals surface area contributed by atoms with Gasteiger partial charge >= 0.3 is 0 Å². The average Bonchev–Trinajstić information content (AvgIpc) is 2.77. The smallest absolute Gasteiger partial charge is 0.148 e. The molecule has 0 aliphatic rings. The van der Waals surface area contributed by atoms with Gasteiger partial charge in [0, 0.05) is 11.6 Å². The van der Waals surface area contributed by atoms with Gasteiger partial charge in [0.2, 0.25) is 0 Å². The van der Waals surface area contributed by atoms with Gasteiger partial charge in [-0.15, -0.1) is 11.3 Å². The van der Waals surface area contributed by atoms with Crippen molar-refractivity contribution in [2.24, 2.45) is 0 Å². The minimum absolute atomic E-state index is 0.232. The Morgan fingerprint density at radius 1 is 1.29 bits per heavy atom. The van der Waals surface area contributed by atoms with Crippen LogP contribution in [0.4, 0.5) is 0 Å². The van der Waals surface area contributed by atoms with Crippen molar-refractivity contribution in [3.05, 3.63) is 56.7 Å². The van der Waals surface area contributed by atoms with Gasteiger partial charge in [-0.2, -0.15) is 0 Å². The van der Waals surface area contributed by atoms with Crippen LogP contribution in [0.3, 0.4) is 0 Å². The van der Waals surface area contributed by atoms with E-state index in [1.165, 1.54) is 11.3 Å². The molecule has 17 heavy (non-hydrogen) atoms. The standard InChI is InChI=1S/C13H13BrO2S/c1-16-9-13(15,10-5-3-2-4-6-10)12-11(14)7-8-17-12/h2-8,15H,9H2,1H3. The van der Waals surface area contributed by atoms with Gasteiger partial charge in [-0.3, -0.25) is 0 Å². The Balaban J connectivity index is 2.50. The van der Waals surface area contributed by atoms with Gasteiger partial charge in [0.1, 0.15) is 5.60 Å². The predicted molar refractivity (Wildman–Crippen MR) is 73.3 cm³/mol. The highest BCUT2D eigenvalue weighted by Gasteiger charge is 2.34. The number of benzene rings is 1. The molecule has 2 aromatic rings. The van der Waals surface area contributed by atoms with Gasteiger partial charge in [-0.1, -0.05) is 30.3 Å². The molecule has 0 aliphatic carbocycles. The van der Waals surface area contributed by atoms with Crippen LogP contribution in [-0.2, 0) is 10.3 Å². The SMILES string of the molecule is COCC(O)(c1ccccc1)c1sccc1Br. The summed E-state index contributed by atoms with van der Waals surface area (Å²) in [7, 11) is 1.59. The van der Waals surface area contributed by atoms with Crippen LogP contribution < -0.4 is 0 Å². The number of methoxy groups -OCH3 is 1. The molecule has 0 fully saturated rings. The van der Waals surface area contributed by atoms with Crippen molar-refractivity contribution in [2.45, 2.75) is 5.60 Å². The van der Waals surface area contributed by atoms with E-state index < -0.39 is 5.60 Å². The Bertz CT molecular complexity index is 483. The molecule has 0 amide bonds. The summed E-state index contributed by atoms with van der Waals surface area (Å²) >= 11 is 4.98. The second-order valence-electron chi connectivity index (χ2n) is 3.76. The number of halogens is 1. The van der Waals surface area contributed by atoms with E-state index in [1.54, 1.807) is 7.11 Å². The molecule has 1 atom stereocenters. The highest BCUT2D eigenvalue weighted by atomic mass is 79.9. The summed E-state index contributed by atoms with van der Waals surface area (Å²) in [4.78, 5) is 0.866. The van der Waals surface area contributed by atoms with Crippen molar-refractivity contribution >= 4 is 27.3 Å². The second kappa shape index (κ2) is 5.31. The first kappa shape index (κ1) is 12.8. The lowest BCUT2D eigenvalue weighted by Gasteiger charge is -2.27. The molecule has 1 N–H and O–H groups in total. The van der Waals surface area contributed by atoms with E-state index in [0.717, 1.165) is 14.9 Å². The first-order chi connectivity index (χ1) is 8.18. The summed E-state index contributed by atoms with van der Waals surface area (Å²) in [5.41, 5.74) is -0.256. The third-order valence-electron chi connectivity index (χ3n) is 2.60. The Labute approximate surface area is 113 Å². The Hall–Kier alpha value is -0.680. The van der Waals surface area contributed by atoms with Crippen LogP contribution >= 0.6 is 27.3 Å². The Morgan fingerprint density at radius 3 is 2.53 bits per heavy atom. The molecule has 2 nitrogen and oxygen atoms in total. The van der Waals surface area contributed by atoms with Crippen LogP contribution in [0.15, 0.2) is 46.3 Å². The van der Waals surface area contributed by atoms with Gasteiger partial charge in [0.05, 0.1) is 11.5 Å². The van der Waals surface area contributed by atoms with Crippen LogP contribution in [0.5, 0.6) is 0 Å². The number of hydrogen-bond acceptors (Lipinski definition) is 3. The maximum absolute atomic E-state index is 10.9. The van der Waals surface area contributed by atoms with E-state index in [9.17, 15) is 5.11 Å². The quantitative estimate of drug-likeness (QED) is 0.937. The summed E-state index contributed by atoms with van der Waals surface area (Å²) in [6, 6.07) is 11.5. The van der Waals surface area contributed by atoms with Gasteiger partial charge in [0.15, 0.2) is 0 Å². The van der Waals surface area contributed by atoms with Crippen molar-refractivity contribution < 1.29 is 9.84 Å². The van der Waals surface area contributed by atoms with E-state index in [1.807, 2.05) is 41.8 Å². The minimum atomic E-state index is -1.09. The van der Waals surface area contributed by atoms with Crippen LogP contribution in [0, 0.1) is 0 Å². The molecule has 0 spiro atoms. The molecule has 90 valence electrons. The van der Waals surface area contributed by atoms with Gasteiger partial charge in [-0.25, -0.2) is 0 Å². The number of hydrogen-bond donors (Lipinski definition) is 1. The fourth-order valence-electron chi connectivity index (χ4n) is 1.79. The van der Waals surface area contributed by atoms with Crippen LogP contribution in [0.2, 0.25) is 0 Å². The number of rotatable bonds is 4. The number of ether oxygens (including phenoxy) is 1. The molecule has 0 aliphatic heterocycles. The largest absolute Gasteiger partial charge is 0.381 e. The van der Waals surface area contributed by atoms with Crippen LogP contribution in [0.1, 0.15) is 10.4 Å². The van der Waals surface area contributed by atoms with E-state index >= 15 is 0 Å². The van der Waals surface area contributed by atoms with Crippen molar-refractivity contribution in [1.29, 1.82) is 0 Å². The average molecular weight is 313 g/mol. The normalized spacial score (nSPS) is 14.5. The molecule has 1 unspecified atom stereocenters. The third kappa shape index (κ3) is 2.45. The third-order valence-corrected chi connectivity index (χ3v) is 4.59. The topological polar surface area (TPSA) is 29.5 Å². The monoisotopic (exact) mass is 312 g/mol. The van der Waals surface area contributed by atoms with Crippen molar-refractivity contribution in [3.8, 4) is 0 Å². The molecule has 2 rings (SSSR count). The fraction of sp³-hybridized carbons (Fsp3) is 0.231. The molecule has 0 saturated carbocycles. The zero-order chi connectivity index (χ0) is 12.3. The van der Waals surface area contributed by atoms with Gasteiger partial charge in [-0.05, 0) is 32.9 Å². The Kier molecular flexibility index (Phi) is 3.99. The highest BCUT2D eigenvalue weighted by Crippen LogP contribution is 2.38. The van der Waals surface area contributed by atoms with Crippen molar-refractivity contribution in [2.75, 3.05) is 13.7 Å². The molecule has 0 bridgehead atoms. The summed E-state index contributed by atoms with van der Waals surface area (Å²) < 4.78 is 6.08. The highest BCUT2D eigenvalue weighted by molar-refractivity contribution is 9.10. The molecular weight excluding hydrogens is 300 g/mol. The van der Waals surface area contributed by atoms with E-state index in [4.69, 9.17) is 4.74 Å². The lowest BCUT2D eigenvalue weighted by atomic mass is 9.93. The summed E-state index contributed by atoms with van der Waals surface area (Å²) in [5, 5.41) is 12.8. The predicted octanol–water partition coefficient (Wildman–Crippen LogP) is 3.39. The van der Waals surface area contributed by atoms with Crippen molar-refractivity contribution in [3.63, 3.8) is 0 Å². The van der Waals surface area contributed by atoms with Crippen LogP contribution in [0.25, 0.3) is 0 Å². The minimum Gasteiger partial charge on any atom is -0.381 e. The summed E-state index contributed by atoms with van der Waals surface area (Å²) in [5.74, 6) is 0. The first-order valence-corrected chi connectivity index (χ1v) is 6.86. The summed E-state index contributed by atoms with van der Waals surface area (Å²) in [6.45, 7) is 0.232. The zero-order valence-corrected chi connectivity index (χ0v) is 11.8. The molecule has 1 aromatic heterocycles. The zero-order valence-electron chi connectivity index (χ0n) is 9.39. The number of aliphatic hydroxyl groups is 1. The van der Waals surface area contributed by atoms with E-state index in [-0.39, 0.29) is 6.61 Å². The van der Waals surface area contributed by atoms with Crippen LogP contribution in [-0.4, -0.2) is 18.8 Å². The molecule has 0 radical (unpaired) electrons. The fourth-order valence-corrected chi connectivity index (χ4v) is 3.60. The first-order valence-electron chi connectivity index (χ1n) is 5.19. The maximum atomic E-state index is 10.9.